The summed E-state index contributed by atoms with van der Waals surface area (Å²) < 4.78 is 0. The van der Waals surface area contributed by atoms with Gasteiger partial charge in [0.1, 0.15) is 0 Å². The van der Waals surface area contributed by atoms with E-state index in [0.29, 0.717) is 0 Å². The Morgan fingerprint density at radius 3 is 2.67 bits per heavy atom. The molecule has 0 amide bonds. The van der Waals surface area contributed by atoms with Crippen molar-refractivity contribution in [3.63, 3.8) is 0 Å². The zero-order valence-electron chi connectivity index (χ0n) is 8.38. The molecule has 0 aliphatic carbocycles. The van der Waals surface area contributed by atoms with E-state index in [1.54, 1.807) is 11.3 Å². The lowest BCUT2D eigenvalue weighted by Crippen LogP contribution is -1.96. The van der Waals surface area contributed by atoms with Crippen molar-refractivity contribution in [2.45, 2.75) is 6.92 Å². The maximum atomic E-state index is 5.26. The van der Waals surface area contributed by atoms with Gasteiger partial charge in [-0.25, -0.2) is 0 Å². The molecule has 0 unspecified atom stereocenters. The molecule has 1 heterocycles. The molecule has 0 fully saturated rings. The maximum Gasteiger partial charge on any atom is 0.168 e. The largest absolute Gasteiger partial charge is 0.356 e. The van der Waals surface area contributed by atoms with Crippen molar-refractivity contribution in [1.29, 1.82) is 0 Å². The molecule has 0 aliphatic rings. The monoisotopic (exact) mass is 217 g/mol. The molecule has 0 radical (unpaired) electrons. The van der Waals surface area contributed by atoms with E-state index in [4.69, 9.17) is 4.84 Å². The van der Waals surface area contributed by atoms with Gasteiger partial charge in [0.15, 0.2) is 5.75 Å². The molecule has 76 valence electrons. The average Bonchev–Trinajstić information content (AvgIpc) is 2.80. The fraction of sp³-hybridized carbons (Fsp3) is 0.0833. The van der Waals surface area contributed by atoms with Crippen LogP contribution in [0.4, 0.5) is 0 Å². The summed E-state index contributed by atoms with van der Waals surface area (Å²) in [7, 11) is 0. The second-order valence-corrected chi connectivity index (χ2v) is 3.87. The van der Waals surface area contributed by atoms with Gasteiger partial charge in [-0.3, -0.25) is 0 Å². The minimum absolute atomic E-state index is 0.787. The zero-order valence-corrected chi connectivity index (χ0v) is 9.20. The molecular weight excluding hydrogens is 206 g/mol. The molecule has 2 nitrogen and oxygen atoms in total. The van der Waals surface area contributed by atoms with Crippen LogP contribution in [0.25, 0.3) is 0 Å². The predicted molar refractivity (Wildman–Crippen MR) is 63.6 cm³/mol. The molecule has 0 bridgehead atoms. The second-order valence-electron chi connectivity index (χ2n) is 3.09. The van der Waals surface area contributed by atoms with Crippen LogP contribution in [0.15, 0.2) is 52.3 Å². The predicted octanol–water partition coefficient (Wildman–Crippen LogP) is 3.55. The molecule has 0 atom stereocenters. The van der Waals surface area contributed by atoms with E-state index >= 15 is 0 Å². The normalized spacial score (nSPS) is 11.4. The molecule has 1 aromatic carbocycles. The first-order chi connectivity index (χ1) is 7.36. The Morgan fingerprint density at radius 1 is 1.20 bits per heavy atom. The Hall–Kier alpha value is -1.61. The van der Waals surface area contributed by atoms with Crippen molar-refractivity contribution in [1.82, 2.24) is 0 Å². The summed E-state index contributed by atoms with van der Waals surface area (Å²) in [4.78, 5) is 5.26. The SMILES string of the molecule is C/C(=N\Oc1ccsc1)c1ccccc1. The van der Waals surface area contributed by atoms with Gasteiger partial charge >= 0.3 is 0 Å². The first kappa shape index (κ1) is 9.93. The molecule has 2 aromatic rings. The third-order valence-corrected chi connectivity index (χ3v) is 2.64. The number of thiophene rings is 1. The quantitative estimate of drug-likeness (QED) is 0.569. The lowest BCUT2D eigenvalue weighted by Gasteiger charge is -1.99. The van der Waals surface area contributed by atoms with Gasteiger partial charge < -0.3 is 4.84 Å². The number of hydrogen-bond donors (Lipinski definition) is 0. The van der Waals surface area contributed by atoms with Crippen LogP contribution in [0.5, 0.6) is 5.75 Å². The number of hydrogen-bond acceptors (Lipinski definition) is 3. The Morgan fingerprint density at radius 2 is 2.00 bits per heavy atom. The van der Waals surface area contributed by atoms with E-state index in [1.807, 2.05) is 54.1 Å². The molecular formula is C12H11NOS. The summed E-state index contributed by atoms with van der Waals surface area (Å²) in [6.45, 7) is 1.93. The van der Waals surface area contributed by atoms with Crippen molar-refractivity contribution >= 4 is 17.0 Å². The lowest BCUT2D eigenvalue weighted by atomic mass is 10.1. The minimum atomic E-state index is 0.787. The highest BCUT2D eigenvalue weighted by molar-refractivity contribution is 7.08. The summed E-state index contributed by atoms with van der Waals surface area (Å²) in [5.74, 6) is 0.787. The maximum absolute atomic E-state index is 5.26. The van der Waals surface area contributed by atoms with Crippen LogP contribution in [-0.2, 0) is 0 Å². The Kier molecular flexibility index (Phi) is 3.15. The summed E-state index contributed by atoms with van der Waals surface area (Å²) in [5.41, 5.74) is 1.95. The van der Waals surface area contributed by atoms with E-state index in [1.165, 1.54) is 0 Å². The lowest BCUT2D eigenvalue weighted by molar-refractivity contribution is 0.343. The number of rotatable bonds is 3. The fourth-order valence-electron chi connectivity index (χ4n) is 1.16. The standard InChI is InChI=1S/C12H11NOS/c1-10(11-5-3-2-4-6-11)13-14-12-7-8-15-9-12/h2-9H,1H3/b13-10+. The van der Waals surface area contributed by atoms with Crippen LogP contribution < -0.4 is 4.84 Å². The first-order valence-electron chi connectivity index (χ1n) is 4.65. The van der Waals surface area contributed by atoms with E-state index in [9.17, 15) is 0 Å². The smallest absolute Gasteiger partial charge is 0.168 e. The molecule has 0 saturated heterocycles. The van der Waals surface area contributed by atoms with Crippen LogP contribution >= 0.6 is 11.3 Å². The van der Waals surface area contributed by atoms with Gasteiger partial charge in [0.25, 0.3) is 0 Å². The molecule has 0 saturated carbocycles. The van der Waals surface area contributed by atoms with Crippen LogP contribution in [0.1, 0.15) is 12.5 Å². The fourth-order valence-corrected chi connectivity index (χ4v) is 1.70. The van der Waals surface area contributed by atoms with E-state index < -0.39 is 0 Å². The van der Waals surface area contributed by atoms with Gasteiger partial charge in [-0.1, -0.05) is 35.5 Å². The van der Waals surface area contributed by atoms with Crippen molar-refractivity contribution in [2.75, 3.05) is 0 Å². The van der Waals surface area contributed by atoms with Gasteiger partial charge in [0, 0.05) is 5.38 Å². The molecule has 15 heavy (non-hydrogen) atoms. The Labute approximate surface area is 92.8 Å². The van der Waals surface area contributed by atoms with Gasteiger partial charge in [-0.2, -0.15) is 0 Å². The van der Waals surface area contributed by atoms with Crippen LogP contribution in [0, 0.1) is 0 Å². The van der Waals surface area contributed by atoms with E-state index in [-0.39, 0.29) is 0 Å². The van der Waals surface area contributed by atoms with Crippen molar-refractivity contribution < 1.29 is 4.84 Å². The summed E-state index contributed by atoms with van der Waals surface area (Å²) in [6, 6.07) is 11.9. The highest BCUT2D eigenvalue weighted by atomic mass is 32.1. The van der Waals surface area contributed by atoms with Gasteiger partial charge in [-0.15, -0.1) is 11.3 Å². The molecule has 0 spiro atoms. The van der Waals surface area contributed by atoms with Crippen LogP contribution in [0.3, 0.4) is 0 Å². The van der Waals surface area contributed by atoms with E-state index in [2.05, 4.69) is 5.16 Å². The summed E-state index contributed by atoms with van der Waals surface area (Å²) >= 11 is 1.59. The molecule has 1 aromatic heterocycles. The minimum Gasteiger partial charge on any atom is -0.356 e. The zero-order chi connectivity index (χ0) is 10.5. The van der Waals surface area contributed by atoms with Crippen molar-refractivity contribution in [2.24, 2.45) is 5.16 Å². The highest BCUT2D eigenvalue weighted by Crippen LogP contribution is 2.15. The first-order valence-corrected chi connectivity index (χ1v) is 5.60. The third kappa shape index (κ3) is 2.67. The van der Waals surface area contributed by atoms with E-state index in [0.717, 1.165) is 17.0 Å². The topological polar surface area (TPSA) is 21.6 Å². The average molecular weight is 217 g/mol. The number of benzene rings is 1. The molecule has 0 N–H and O–H groups in total. The molecule has 2 rings (SSSR count). The summed E-state index contributed by atoms with van der Waals surface area (Å²) in [6.07, 6.45) is 0. The summed E-state index contributed by atoms with van der Waals surface area (Å²) in [5, 5.41) is 7.94. The van der Waals surface area contributed by atoms with Gasteiger partial charge in [-0.05, 0) is 23.9 Å². The second kappa shape index (κ2) is 4.75. The molecule has 3 heteroatoms. The van der Waals surface area contributed by atoms with Crippen LogP contribution in [-0.4, -0.2) is 5.71 Å². The Balaban J connectivity index is 2.08. The Bertz CT molecular complexity index is 434. The van der Waals surface area contributed by atoms with Gasteiger partial charge in [0.2, 0.25) is 0 Å². The number of oxime groups is 1. The molecule has 0 aliphatic heterocycles. The van der Waals surface area contributed by atoms with Crippen LogP contribution in [0.2, 0.25) is 0 Å². The van der Waals surface area contributed by atoms with Gasteiger partial charge in [0.05, 0.1) is 5.71 Å². The van der Waals surface area contributed by atoms with Crippen molar-refractivity contribution in [3.05, 3.63) is 52.7 Å². The highest BCUT2D eigenvalue weighted by Gasteiger charge is 1.97. The third-order valence-electron chi connectivity index (χ3n) is 1.97. The van der Waals surface area contributed by atoms with Crippen molar-refractivity contribution in [3.8, 4) is 5.75 Å². The number of nitrogens with zero attached hydrogens (tertiary/aromatic N) is 1.